The minimum Gasteiger partial charge on any atom is -0.399 e. The molecule has 22 nitrogen and oxygen atoms in total. The maximum absolute atomic E-state index is 13.7. The van der Waals surface area contributed by atoms with Crippen molar-refractivity contribution < 1.29 is 56.7 Å². The van der Waals surface area contributed by atoms with Gasteiger partial charge in [0.05, 0.1) is 34.0 Å². The third-order valence-corrected chi connectivity index (χ3v) is 12.1. The third kappa shape index (κ3) is 9.94. The lowest BCUT2D eigenvalue weighted by Gasteiger charge is -2.20. The lowest BCUT2D eigenvalue weighted by atomic mass is 9.92. The maximum atomic E-state index is 13.7. The highest BCUT2D eigenvalue weighted by Crippen LogP contribution is 2.41. The number of allylic oxidation sites excluding steroid dienone is 1. The topological polar surface area (TPSA) is 386 Å². The fourth-order valence-electron chi connectivity index (χ4n) is 5.69. The van der Waals surface area contributed by atoms with Gasteiger partial charge in [0, 0.05) is 5.69 Å². The molecule has 0 heterocycles. The molecule has 62 heavy (non-hydrogen) atoms. The second-order valence-corrected chi connectivity index (χ2v) is 18.3. The molecule has 6 rings (SSSR count). The van der Waals surface area contributed by atoms with Crippen LogP contribution in [0.25, 0.3) is 18.2 Å². The molecule has 0 aromatic heterocycles. The standard InChI is InChI=1S/C36H29N9O13S4/c37-22-10-13-27(26(38)16-22)43-41-24-11-8-19(28(17-24)59(47,48)49)6-7-20-9-12-25(18-29(20)60(50,51)52)42-44-34-30(61(53,54)55)14-21-15-31(62(56,57)58)35(36(46)32(21)33(34)39)45-40-23-4-2-1-3-5-23/h1-18,40H,37-39H2,(H,47,48,49)(H,50,51,52)(H,53,54,55)(H,56,57,58)/b7-6+,43-41?,44-42?,45-35-. The van der Waals surface area contributed by atoms with Crippen molar-refractivity contribution in [3.05, 3.63) is 118 Å². The number of carbonyl (C=O) groups excluding carboxylic acids is 1. The van der Waals surface area contributed by atoms with E-state index in [4.69, 9.17) is 17.2 Å². The van der Waals surface area contributed by atoms with E-state index in [1.54, 1.807) is 18.2 Å². The summed E-state index contributed by atoms with van der Waals surface area (Å²) in [6, 6.07) is 19.4. The summed E-state index contributed by atoms with van der Waals surface area (Å²) in [5.41, 5.74) is 16.9. The molecule has 11 N–H and O–H groups in total. The number of carbonyl (C=O) groups is 1. The normalized spacial score (nSPS) is 14.5. The van der Waals surface area contributed by atoms with Gasteiger partial charge in [-0.1, -0.05) is 42.5 Å². The van der Waals surface area contributed by atoms with Crippen LogP contribution in [0.15, 0.2) is 136 Å². The highest BCUT2D eigenvalue weighted by molar-refractivity contribution is 7.91. The van der Waals surface area contributed by atoms with Crippen molar-refractivity contribution in [2.24, 2.45) is 25.6 Å². The van der Waals surface area contributed by atoms with Crippen LogP contribution in [0.4, 0.5) is 45.5 Å². The summed E-state index contributed by atoms with van der Waals surface area (Å²) in [5, 5.41) is 19.3. The number of benzene rings is 5. The average Bonchev–Trinajstić information content (AvgIpc) is 3.18. The quantitative estimate of drug-likeness (QED) is 0.0231. The van der Waals surface area contributed by atoms with E-state index in [1.165, 1.54) is 42.5 Å². The van der Waals surface area contributed by atoms with Gasteiger partial charge in [-0.05, 0) is 83.4 Å². The van der Waals surface area contributed by atoms with Gasteiger partial charge in [-0.2, -0.15) is 49.0 Å². The molecule has 0 spiro atoms. The molecule has 0 unspecified atom stereocenters. The Morgan fingerprint density at radius 3 is 1.65 bits per heavy atom. The van der Waals surface area contributed by atoms with Gasteiger partial charge in [0.25, 0.3) is 40.5 Å². The molecular weight excluding hydrogens is 895 g/mol. The molecule has 0 atom stereocenters. The van der Waals surface area contributed by atoms with Crippen LogP contribution in [-0.2, 0) is 40.5 Å². The van der Waals surface area contributed by atoms with Gasteiger partial charge in [0.1, 0.15) is 31.0 Å². The number of anilines is 4. The number of hydrazone groups is 1. The van der Waals surface area contributed by atoms with Gasteiger partial charge in [-0.15, -0.1) is 10.2 Å². The second kappa shape index (κ2) is 16.8. The number of fused-ring (bicyclic) bond motifs is 1. The first-order valence-electron chi connectivity index (χ1n) is 16.9. The monoisotopic (exact) mass is 923 g/mol. The summed E-state index contributed by atoms with van der Waals surface area (Å²) < 4.78 is 139. The van der Waals surface area contributed by atoms with Crippen molar-refractivity contribution >= 4 is 116 Å². The Bertz CT molecular complexity index is 3320. The Labute approximate surface area is 351 Å². The number of nitrogen functional groups attached to an aromatic ring is 3. The van der Waals surface area contributed by atoms with Gasteiger partial charge in [0.15, 0.2) is 5.71 Å². The Morgan fingerprint density at radius 2 is 1.13 bits per heavy atom. The largest absolute Gasteiger partial charge is 0.399 e. The maximum Gasteiger partial charge on any atom is 0.296 e. The zero-order valence-corrected chi connectivity index (χ0v) is 34.2. The number of hydrogen-bond acceptors (Lipinski definition) is 18. The number of nitrogens with two attached hydrogens (primary N) is 3. The van der Waals surface area contributed by atoms with E-state index in [0.29, 0.717) is 23.5 Å². The number of nitrogens with zero attached hydrogens (tertiary/aromatic N) is 5. The lowest BCUT2D eigenvalue weighted by molar-refractivity contribution is 0.106. The summed E-state index contributed by atoms with van der Waals surface area (Å²) in [7, 11) is -20.5. The van der Waals surface area contributed by atoms with Crippen molar-refractivity contribution in [3.63, 3.8) is 0 Å². The zero-order chi connectivity index (χ0) is 45.4. The van der Waals surface area contributed by atoms with Crippen LogP contribution < -0.4 is 22.6 Å². The van der Waals surface area contributed by atoms with E-state index < -0.39 is 99.7 Å². The summed E-state index contributed by atoms with van der Waals surface area (Å²) in [6.45, 7) is 0. The molecule has 320 valence electrons. The van der Waals surface area contributed by atoms with E-state index in [1.807, 2.05) is 0 Å². The number of rotatable bonds is 12. The molecule has 26 heteroatoms. The Kier molecular flexibility index (Phi) is 12.0. The molecule has 0 radical (unpaired) electrons. The van der Waals surface area contributed by atoms with E-state index in [2.05, 4.69) is 31.0 Å². The molecule has 0 fully saturated rings. The first-order chi connectivity index (χ1) is 28.9. The first kappa shape index (κ1) is 44.5. The zero-order valence-electron chi connectivity index (χ0n) is 31.0. The molecule has 1 aliphatic rings. The number of nitrogens with one attached hydrogen (secondary N) is 1. The molecule has 0 saturated heterocycles. The van der Waals surface area contributed by atoms with Crippen LogP contribution in [0.5, 0.6) is 0 Å². The van der Waals surface area contributed by atoms with Crippen molar-refractivity contribution in [3.8, 4) is 0 Å². The minimum absolute atomic E-state index is 0.0339. The summed E-state index contributed by atoms with van der Waals surface area (Å²) in [4.78, 5) is 10.1. The first-order valence-corrected chi connectivity index (χ1v) is 22.6. The highest BCUT2D eigenvalue weighted by atomic mass is 32.2. The van der Waals surface area contributed by atoms with Crippen LogP contribution in [0, 0.1) is 0 Å². The Hall–Kier alpha value is -7.04. The Balaban J connectivity index is 1.38. The molecular formula is C36H29N9O13S4. The van der Waals surface area contributed by atoms with E-state index >= 15 is 0 Å². The molecule has 0 amide bonds. The lowest BCUT2D eigenvalue weighted by Crippen LogP contribution is -2.28. The molecule has 0 bridgehead atoms. The average molecular weight is 924 g/mol. The fourth-order valence-corrected chi connectivity index (χ4v) is 8.42. The fraction of sp³-hybridized carbons (Fsp3) is 0. The number of hydrogen-bond donors (Lipinski definition) is 8. The van der Waals surface area contributed by atoms with Crippen molar-refractivity contribution in [1.29, 1.82) is 0 Å². The van der Waals surface area contributed by atoms with E-state index in [-0.39, 0.29) is 28.2 Å². The van der Waals surface area contributed by atoms with Gasteiger partial charge < -0.3 is 17.2 Å². The number of para-hydroxylation sites is 1. The van der Waals surface area contributed by atoms with Crippen molar-refractivity contribution in [1.82, 2.24) is 0 Å². The van der Waals surface area contributed by atoms with Gasteiger partial charge in [-0.3, -0.25) is 28.4 Å². The van der Waals surface area contributed by atoms with Crippen LogP contribution in [0.2, 0.25) is 0 Å². The van der Waals surface area contributed by atoms with Crippen LogP contribution in [0.1, 0.15) is 27.0 Å². The smallest absolute Gasteiger partial charge is 0.296 e. The number of ketones is 1. The van der Waals surface area contributed by atoms with Crippen LogP contribution in [-0.4, -0.2) is 63.4 Å². The molecule has 5 aromatic rings. The second-order valence-electron chi connectivity index (χ2n) is 12.8. The summed E-state index contributed by atoms with van der Waals surface area (Å²) in [6.07, 6.45) is 2.84. The molecule has 0 saturated carbocycles. The third-order valence-electron chi connectivity index (χ3n) is 8.50. The minimum atomic E-state index is -5.29. The highest BCUT2D eigenvalue weighted by Gasteiger charge is 2.37. The Morgan fingerprint density at radius 1 is 0.581 bits per heavy atom. The van der Waals surface area contributed by atoms with Crippen molar-refractivity contribution in [2.45, 2.75) is 14.7 Å². The summed E-state index contributed by atoms with van der Waals surface area (Å²) >= 11 is 0. The van der Waals surface area contributed by atoms with E-state index in [0.717, 1.165) is 36.4 Å². The molecule has 5 aromatic carbocycles. The summed E-state index contributed by atoms with van der Waals surface area (Å²) in [5.74, 6) is -1.24. The van der Waals surface area contributed by atoms with Crippen LogP contribution >= 0.6 is 0 Å². The van der Waals surface area contributed by atoms with Gasteiger partial charge in [0.2, 0.25) is 5.78 Å². The van der Waals surface area contributed by atoms with Gasteiger partial charge in [-0.25, -0.2) is 0 Å². The SMILES string of the molecule is Nc1ccc(N=Nc2ccc(/C=C/c3ccc(N=Nc4c(S(=O)(=O)O)cc5c(c4N)C(=O)/C(=N\Nc4ccccc4)C(S(=O)(=O)O)=C5)cc3S(=O)(=O)O)c(S(=O)(=O)O)c2)c(N)c1. The molecule has 1 aliphatic carbocycles. The predicted octanol–water partition coefficient (Wildman–Crippen LogP) is 6.07. The number of Topliss-reactive ketones (excluding diaryl/α,β-unsaturated/α-hetero) is 1. The van der Waals surface area contributed by atoms with Crippen molar-refractivity contribution in [2.75, 3.05) is 22.6 Å². The molecule has 0 aliphatic heterocycles. The van der Waals surface area contributed by atoms with Crippen LogP contribution in [0.3, 0.4) is 0 Å². The predicted molar refractivity (Wildman–Crippen MR) is 227 cm³/mol. The van der Waals surface area contributed by atoms with E-state index in [9.17, 15) is 56.7 Å². The van der Waals surface area contributed by atoms with Gasteiger partial charge >= 0.3 is 0 Å². The number of azo groups is 2.